The number of aliphatic imine (C=N–C) groups is 1. The summed E-state index contributed by atoms with van der Waals surface area (Å²) >= 11 is 0. The standard InChI is InChI=1S/C24H34N4O2.HI/c1-5-6-17-30-22-13-9-19(10-14-22)15-16-26-24(25-2)27-18-20-7-11-21(12-8-20)23(29)28(3)4;/h7-14H,5-6,15-18H2,1-4H3,(H2,25,26,27);1H. The van der Waals surface area contributed by atoms with Crippen molar-refractivity contribution in [3.8, 4) is 5.75 Å². The number of carbonyl (C=O) groups is 1. The van der Waals surface area contributed by atoms with Crippen molar-refractivity contribution in [2.75, 3.05) is 34.3 Å². The highest BCUT2D eigenvalue weighted by molar-refractivity contribution is 14.0. The van der Waals surface area contributed by atoms with Crippen molar-refractivity contribution in [2.24, 2.45) is 4.99 Å². The van der Waals surface area contributed by atoms with Crippen LogP contribution in [0.15, 0.2) is 53.5 Å². The molecule has 31 heavy (non-hydrogen) atoms. The average molecular weight is 538 g/mol. The Bertz CT molecular complexity index is 805. The first-order valence-corrected chi connectivity index (χ1v) is 10.5. The number of unbranched alkanes of at least 4 members (excludes halogenated alkanes) is 1. The predicted octanol–water partition coefficient (Wildman–Crippen LogP) is 4.09. The maximum atomic E-state index is 12.0. The van der Waals surface area contributed by atoms with Gasteiger partial charge in [-0.15, -0.1) is 24.0 Å². The van der Waals surface area contributed by atoms with E-state index in [1.54, 1.807) is 26.0 Å². The SMILES string of the molecule is CCCCOc1ccc(CCNC(=NC)NCc2ccc(C(=O)N(C)C)cc2)cc1.I. The molecule has 0 unspecified atom stereocenters. The van der Waals surface area contributed by atoms with Crippen molar-refractivity contribution in [3.63, 3.8) is 0 Å². The van der Waals surface area contributed by atoms with Gasteiger partial charge in [0.05, 0.1) is 6.61 Å². The zero-order valence-corrected chi connectivity index (χ0v) is 21.3. The molecule has 0 aliphatic heterocycles. The zero-order valence-electron chi connectivity index (χ0n) is 19.0. The van der Waals surface area contributed by atoms with E-state index in [0.717, 1.165) is 49.7 Å². The molecule has 0 aromatic heterocycles. The third kappa shape index (κ3) is 9.59. The molecule has 2 aromatic rings. The van der Waals surface area contributed by atoms with Gasteiger partial charge in [-0.2, -0.15) is 0 Å². The van der Waals surface area contributed by atoms with Crippen molar-refractivity contribution in [1.29, 1.82) is 0 Å². The van der Waals surface area contributed by atoms with Crippen LogP contribution >= 0.6 is 24.0 Å². The summed E-state index contributed by atoms with van der Waals surface area (Å²) in [4.78, 5) is 17.8. The van der Waals surface area contributed by atoms with Crippen LogP contribution in [-0.2, 0) is 13.0 Å². The number of guanidine groups is 1. The second kappa shape index (κ2) is 14.7. The summed E-state index contributed by atoms with van der Waals surface area (Å²) < 4.78 is 5.70. The van der Waals surface area contributed by atoms with Crippen LogP contribution in [0.2, 0.25) is 0 Å². The molecule has 0 heterocycles. The Hall–Kier alpha value is -2.29. The second-order valence-corrected chi connectivity index (χ2v) is 7.35. The van der Waals surface area contributed by atoms with Crippen LogP contribution in [0, 0.1) is 0 Å². The number of nitrogens with one attached hydrogen (secondary N) is 2. The molecule has 2 N–H and O–H groups in total. The van der Waals surface area contributed by atoms with E-state index in [2.05, 4.69) is 34.7 Å². The lowest BCUT2D eigenvalue weighted by Gasteiger charge is -2.13. The Morgan fingerprint density at radius 1 is 1.00 bits per heavy atom. The topological polar surface area (TPSA) is 66.0 Å². The quantitative estimate of drug-likeness (QED) is 0.207. The number of benzene rings is 2. The number of ether oxygens (including phenoxy) is 1. The lowest BCUT2D eigenvalue weighted by Crippen LogP contribution is -2.37. The van der Waals surface area contributed by atoms with Crippen molar-refractivity contribution in [1.82, 2.24) is 15.5 Å². The molecule has 170 valence electrons. The molecule has 0 spiro atoms. The molecule has 2 rings (SSSR count). The molecular formula is C24H35IN4O2. The molecule has 6 nitrogen and oxygen atoms in total. The number of amides is 1. The van der Waals surface area contributed by atoms with Gasteiger partial charge < -0.3 is 20.3 Å². The van der Waals surface area contributed by atoms with Gasteiger partial charge in [0.15, 0.2) is 5.96 Å². The summed E-state index contributed by atoms with van der Waals surface area (Å²) in [5.74, 6) is 1.69. The highest BCUT2D eigenvalue weighted by Gasteiger charge is 2.07. The Labute approximate surface area is 203 Å². The van der Waals surface area contributed by atoms with Crippen molar-refractivity contribution < 1.29 is 9.53 Å². The fraction of sp³-hybridized carbons (Fsp3) is 0.417. The normalized spacial score (nSPS) is 10.8. The molecule has 0 radical (unpaired) electrons. The first kappa shape index (κ1) is 26.7. The Morgan fingerprint density at radius 3 is 2.23 bits per heavy atom. The molecule has 0 atom stereocenters. The van der Waals surface area contributed by atoms with E-state index < -0.39 is 0 Å². The third-order valence-electron chi connectivity index (χ3n) is 4.69. The maximum Gasteiger partial charge on any atom is 0.253 e. The van der Waals surface area contributed by atoms with Gasteiger partial charge in [-0.1, -0.05) is 37.6 Å². The minimum atomic E-state index is 0. The molecule has 0 bridgehead atoms. The van der Waals surface area contributed by atoms with Crippen LogP contribution in [0.5, 0.6) is 5.75 Å². The molecule has 0 aliphatic rings. The van der Waals surface area contributed by atoms with E-state index in [-0.39, 0.29) is 29.9 Å². The monoisotopic (exact) mass is 538 g/mol. The lowest BCUT2D eigenvalue weighted by molar-refractivity contribution is 0.0827. The van der Waals surface area contributed by atoms with Crippen LogP contribution in [0.4, 0.5) is 0 Å². The summed E-state index contributed by atoms with van der Waals surface area (Å²) in [5, 5.41) is 6.64. The summed E-state index contributed by atoms with van der Waals surface area (Å²) in [6.07, 6.45) is 3.12. The van der Waals surface area contributed by atoms with E-state index in [1.165, 1.54) is 5.56 Å². The largest absolute Gasteiger partial charge is 0.494 e. The molecule has 2 aromatic carbocycles. The summed E-state index contributed by atoms with van der Waals surface area (Å²) in [5.41, 5.74) is 3.03. The van der Waals surface area contributed by atoms with Gasteiger partial charge >= 0.3 is 0 Å². The van der Waals surface area contributed by atoms with Crippen LogP contribution in [-0.4, -0.2) is 51.1 Å². The van der Waals surface area contributed by atoms with Crippen LogP contribution in [0.1, 0.15) is 41.3 Å². The minimum Gasteiger partial charge on any atom is -0.494 e. The average Bonchev–Trinajstić information content (AvgIpc) is 2.77. The number of hydrogen-bond donors (Lipinski definition) is 2. The van der Waals surface area contributed by atoms with E-state index >= 15 is 0 Å². The van der Waals surface area contributed by atoms with Crippen LogP contribution < -0.4 is 15.4 Å². The van der Waals surface area contributed by atoms with E-state index in [9.17, 15) is 4.79 Å². The summed E-state index contributed by atoms with van der Waals surface area (Å²) in [6.45, 7) is 4.35. The fourth-order valence-electron chi connectivity index (χ4n) is 2.84. The van der Waals surface area contributed by atoms with Crippen molar-refractivity contribution >= 4 is 35.8 Å². The molecule has 0 aliphatic carbocycles. The van der Waals surface area contributed by atoms with E-state index in [4.69, 9.17) is 4.74 Å². The van der Waals surface area contributed by atoms with Gasteiger partial charge in [0, 0.05) is 39.8 Å². The number of nitrogens with zero attached hydrogens (tertiary/aromatic N) is 2. The number of halogens is 1. The smallest absolute Gasteiger partial charge is 0.253 e. The Morgan fingerprint density at radius 2 is 1.65 bits per heavy atom. The first-order chi connectivity index (χ1) is 14.5. The molecular weight excluding hydrogens is 503 g/mol. The zero-order chi connectivity index (χ0) is 21.8. The maximum absolute atomic E-state index is 12.0. The summed E-state index contributed by atoms with van der Waals surface area (Å²) in [7, 11) is 5.27. The van der Waals surface area contributed by atoms with Gasteiger partial charge in [-0.3, -0.25) is 9.79 Å². The summed E-state index contributed by atoms with van der Waals surface area (Å²) in [6, 6.07) is 15.9. The fourth-order valence-corrected chi connectivity index (χ4v) is 2.84. The van der Waals surface area contributed by atoms with Crippen LogP contribution in [0.3, 0.4) is 0 Å². The van der Waals surface area contributed by atoms with Crippen molar-refractivity contribution in [2.45, 2.75) is 32.7 Å². The molecule has 7 heteroatoms. The number of hydrogen-bond acceptors (Lipinski definition) is 3. The predicted molar refractivity (Wildman–Crippen MR) is 139 cm³/mol. The van der Waals surface area contributed by atoms with Gasteiger partial charge in [0.25, 0.3) is 5.91 Å². The molecule has 0 fully saturated rings. The Kier molecular flexibility index (Phi) is 12.7. The highest BCUT2D eigenvalue weighted by Crippen LogP contribution is 2.13. The lowest BCUT2D eigenvalue weighted by atomic mass is 10.1. The highest BCUT2D eigenvalue weighted by atomic mass is 127. The molecule has 0 saturated carbocycles. The number of rotatable bonds is 10. The second-order valence-electron chi connectivity index (χ2n) is 7.35. The van der Waals surface area contributed by atoms with E-state index in [1.807, 2.05) is 36.4 Å². The van der Waals surface area contributed by atoms with Gasteiger partial charge in [-0.05, 0) is 48.2 Å². The number of carbonyl (C=O) groups excluding carboxylic acids is 1. The minimum absolute atomic E-state index is 0. The Balaban J connectivity index is 0.00000480. The van der Waals surface area contributed by atoms with Gasteiger partial charge in [-0.25, -0.2) is 0 Å². The van der Waals surface area contributed by atoms with Crippen molar-refractivity contribution in [3.05, 3.63) is 65.2 Å². The molecule has 1 amide bonds. The first-order valence-electron chi connectivity index (χ1n) is 10.5. The van der Waals surface area contributed by atoms with Crippen LogP contribution in [0.25, 0.3) is 0 Å². The van der Waals surface area contributed by atoms with E-state index in [0.29, 0.717) is 12.1 Å². The van der Waals surface area contributed by atoms with Gasteiger partial charge in [0.2, 0.25) is 0 Å². The third-order valence-corrected chi connectivity index (χ3v) is 4.69. The molecule has 0 saturated heterocycles. The van der Waals surface area contributed by atoms with Gasteiger partial charge in [0.1, 0.15) is 5.75 Å².